The lowest BCUT2D eigenvalue weighted by atomic mass is 9.98. The van der Waals surface area contributed by atoms with Gasteiger partial charge in [-0.3, -0.25) is 14.0 Å². The zero-order valence-corrected chi connectivity index (χ0v) is 26.3. The lowest BCUT2D eigenvalue weighted by Crippen LogP contribution is -2.29. The molecule has 0 amide bonds. The summed E-state index contributed by atoms with van der Waals surface area (Å²) in [6.45, 7) is 0. The van der Waals surface area contributed by atoms with E-state index in [1.807, 2.05) is 0 Å². The van der Waals surface area contributed by atoms with Gasteiger partial charge in [-0.15, -0.1) is 0 Å². The standard InChI is InChI=1S/C34H16Br2N2O8/c35-19-13-9-17(10-14-19)29(39)26-28-34(43)45-24-8-4-2-6-22(24)38(28)31(40)25(27-33(42)44-23-7-3-1-5-21(23)37-27)30(26)46-32(41)18-11-15-20(36)16-12-18/h1-16H. The number of ether oxygens (including phenoxy) is 1. The van der Waals surface area contributed by atoms with Crippen molar-refractivity contribution in [2.75, 3.05) is 0 Å². The van der Waals surface area contributed by atoms with Crippen molar-refractivity contribution < 1.29 is 23.2 Å². The van der Waals surface area contributed by atoms with Gasteiger partial charge in [0.05, 0.1) is 16.6 Å². The number of rotatable bonds is 5. The molecule has 0 saturated carbocycles. The van der Waals surface area contributed by atoms with Crippen LogP contribution < -0.4 is 21.5 Å². The number of ketones is 1. The van der Waals surface area contributed by atoms with Gasteiger partial charge in [0.15, 0.2) is 33.9 Å². The number of halogens is 2. The molecule has 0 aliphatic rings. The maximum Gasteiger partial charge on any atom is 0.363 e. The van der Waals surface area contributed by atoms with E-state index in [2.05, 4.69) is 36.8 Å². The predicted octanol–water partition coefficient (Wildman–Crippen LogP) is 6.55. The molecule has 10 nitrogen and oxygen atoms in total. The smallest absolute Gasteiger partial charge is 0.363 e. The van der Waals surface area contributed by atoms with Crippen LogP contribution in [0.1, 0.15) is 26.3 Å². The summed E-state index contributed by atoms with van der Waals surface area (Å²) < 4.78 is 19.2. The molecule has 0 unspecified atom stereocenters. The Morgan fingerprint density at radius 1 is 0.696 bits per heavy atom. The van der Waals surface area contributed by atoms with Crippen LogP contribution in [0.15, 0.2) is 129 Å². The highest BCUT2D eigenvalue weighted by atomic mass is 79.9. The summed E-state index contributed by atoms with van der Waals surface area (Å²) in [6.07, 6.45) is 0. The monoisotopic (exact) mass is 738 g/mol. The molecule has 224 valence electrons. The van der Waals surface area contributed by atoms with Crippen LogP contribution in [-0.4, -0.2) is 21.1 Å². The van der Waals surface area contributed by atoms with E-state index in [1.165, 1.54) is 42.5 Å². The van der Waals surface area contributed by atoms with Gasteiger partial charge in [-0.25, -0.2) is 19.4 Å². The van der Waals surface area contributed by atoms with Crippen LogP contribution in [-0.2, 0) is 0 Å². The highest BCUT2D eigenvalue weighted by Crippen LogP contribution is 2.35. The summed E-state index contributed by atoms with van der Waals surface area (Å²) in [5.74, 6) is -2.42. The minimum atomic E-state index is -1.05. The average Bonchev–Trinajstić information content (AvgIpc) is 3.05. The average molecular weight is 740 g/mol. The molecule has 4 aromatic carbocycles. The van der Waals surface area contributed by atoms with Gasteiger partial charge in [0.2, 0.25) is 0 Å². The van der Waals surface area contributed by atoms with Crippen molar-refractivity contribution in [3.8, 4) is 17.0 Å². The molecule has 7 aromatic rings. The Balaban J connectivity index is 1.67. The Morgan fingerprint density at radius 3 is 1.98 bits per heavy atom. The van der Waals surface area contributed by atoms with Gasteiger partial charge >= 0.3 is 17.2 Å². The van der Waals surface area contributed by atoms with Crippen LogP contribution >= 0.6 is 31.9 Å². The highest BCUT2D eigenvalue weighted by Gasteiger charge is 2.33. The molecule has 3 heterocycles. The third-order valence-electron chi connectivity index (χ3n) is 7.17. The molecule has 7 rings (SSSR count). The number of para-hydroxylation sites is 4. The van der Waals surface area contributed by atoms with Gasteiger partial charge in [0.1, 0.15) is 11.1 Å². The second-order valence-electron chi connectivity index (χ2n) is 9.98. The van der Waals surface area contributed by atoms with E-state index in [4.69, 9.17) is 13.6 Å². The Hall–Kier alpha value is -5.46. The Labute approximate surface area is 273 Å². The molecule has 46 heavy (non-hydrogen) atoms. The lowest BCUT2D eigenvalue weighted by molar-refractivity contribution is 0.0733. The van der Waals surface area contributed by atoms with Crippen molar-refractivity contribution in [1.29, 1.82) is 0 Å². The summed E-state index contributed by atoms with van der Waals surface area (Å²) >= 11 is 6.65. The molecule has 0 spiro atoms. The first-order valence-corrected chi connectivity index (χ1v) is 15.1. The van der Waals surface area contributed by atoms with E-state index in [0.717, 1.165) is 4.40 Å². The molecular formula is C34H16Br2N2O8. The number of hydrogen-bond donors (Lipinski definition) is 0. The molecule has 0 radical (unpaired) electrons. The highest BCUT2D eigenvalue weighted by molar-refractivity contribution is 9.10. The third-order valence-corrected chi connectivity index (χ3v) is 8.23. The molecule has 0 aliphatic heterocycles. The van der Waals surface area contributed by atoms with E-state index in [1.54, 1.807) is 54.6 Å². The first-order valence-electron chi connectivity index (χ1n) is 13.5. The number of esters is 1. The number of benzene rings is 4. The van der Waals surface area contributed by atoms with Crippen molar-refractivity contribution in [2.45, 2.75) is 0 Å². The van der Waals surface area contributed by atoms with Crippen molar-refractivity contribution in [2.24, 2.45) is 0 Å². The largest absolute Gasteiger partial charge is 0.421 e. The fourth-order valence-electron chi connectivity index (χ4n) is 5.07. The van der Waals surface area contributed by atoms with Gasteiger partial charge in [-0.1, -0.05) is 56.1 Å². The molecule has 0 aliphatic carbocycles. The van der Waals surface area contributed by atoms with Crippen molar-refractivity contribution in [3.63, 3.8) is 0 Å². The number of pyridine rings is 1. The zero-order valence-electron chi connectivity index (χ0n) is 23.2. The quantitative estimate of drug-likeness (QED) is 0.109. The summed E-state index contributed by atoms with van der Waals surface area (Å²) in [6, 6.07) is 24.9. The van der Waals surface area contributed by atoms with Crippen LogP contribution in [0.25, 0.3) is 39.0 Å². The maximum absolute atomic E-state index is 14.6. The van der Waals surface area contributed by atoms with Crippen LogP contribution in [0.4, 0.5) is 0 Å². The normalized spacial score (nSPS) is 11.3. The lowest BCUT2D eigenvalue weighted by Gasteiger charge is -2.17. The Kier molecular flexibility index (Phi) is 7.30. The van der Waals surface area contributed by atoms with Gasteiger partial charge in [0, 0.05) is 14.5 Å². The number of carbonyl (C=O) groups is 2. The van der Waals surface area contributed by atoms with Gasteiger partial charge < -0.3 is 13.6 Å². The van der Waals surface area contributed by atoms with Gasteiger partial charge in [-0.05, 0) is 72.8 Å². The molecule has 0 saturated heterocycles. The topological polar surface area (TPSA) is 138 Å². The minimum Gasteiger partial charge on any atom is -0.421 e. The first-order chi connectivity index (χ1) is 22.2. The molecule has 3 aromatic heterocycles. The van der Waals surface area contributed by atoms with Crippen molar-refractivity contribution in [3.05, 3.63) is 154 Å². The van der Waals surface area contributed by atoms with E-state index < -0.39 is 56.7 Å². The number of nitrogens with zero attached hydrogens (tertiary/aromatic N) is 2. The minimum absolute atomic E-state index is 0.0354. The summed E-state index contributed by atoms with van der Waals surface area (Å²) in [4.78, 5) is 74.2. The van der Waals surface area contributed by atoms with Crippen LogP contribution in [0.3, 0.4) is 0 Å². The zero-order chi connectivity index (χ0) is 32.1. The summed E-state index contributed by atoms with van der Waals surface area (Å²) in [7, 11) is 0. The number of aromatic nitrogens is 2. The second-order valence-corrected chi connectivity index (χ2v) is 11.8. The maximum atomic E-state index is 14.6. The van der Waals surface area contributed by atoms with Gasteiger partial charge in [-0.2, -0.15) is 0 Å². The fourth-order valence-corrected chi connectivity index (χ4v) is 5.60. The second kappa shape index (κ2) is 11.5. The molecule has 0 N–H and O–H groups in total. The van der Waals surface area contributed by atoms with E-state index in [9.17, 15) is 24.0 Å². The van der Waals surface area contributed by atoms with E-state index >= 15 is 0 Å². The number of fused-ring (bicyclic) bond motifs is 4. The summed E-state index contributed by atoms with van der Waals surface area (Å²) in [5.41, 5.74) is -4.49. The number of carbonyl (C=O) groups excluding carboxylic acids is 2. The predicted molar refractivity (Wildman–Crippen MR) is 176 cm³/mol. The molecular weight excluding hydrogens is 724 g/mol. The van der Waals surface area contributed by atoms with Crippen molar-refractivity contribution in [1.82, 2.24) is 9.38 Å². The van der Waals surface area contributed by atoms with Crippen LogP contribution in [0, 0.1) is 0 Å². The SMILES string of the molecule is O=C(Oc1c(-c2nc3ccccc3oc2=O)c(=O)n2c(c1C(=O)c1ccc(Br)cc1)c(=O)oc1ccccc12)c1ccc(Br)cc1. The van der Waals surface area contributed by atoms with Crippen LogP contribution in [0.2, 0.25) is 0 Å². The van der Waals surface area contributed by atoms with Gasteiger partial charge in [0.25, 0.3) is 5.56 Å². The third kappa shape index (κ3) is 4.97. The van der Waals surface area contributed by atoms with Crippen LogP contribution in [0.5, 0.6) is 5.75 Å². The van der Waals surface area contributed by atoms with Crippen molar-refractivity contribution >= 4 is 71.3 Å². The summed E-state index contributed by atoms with van der Waals surface area (Å²) in [5, 5.41) is 0. The Bertz CT molecular complexity index is 2570. The Morgan fingerprint density at radius 2 is 1.28 bits per heavy atom. The molecule has 12 heteroatoms. The van der Waals surface area contributed by atoms with E-state index in [-0.39, 0.29) is 33.3 Å². The first kappa shape index (κ1) is 29.3. The fraction of sp³-hybridized carbons (Fsp3) is 0. The molecule has 0 bridgehead atoms. The number of hydrogen-bond acceptors (Lipinski definition) is 9. The molecule has 0 atom stereocenters. The van der Waals surface area contributed by atoms with E-state index in [0.29, 0.717) is 8.95 Å². The molecule has 0 fully saturated rings.